The first-order chi connectivity index (χ1) is 7.83. The van der Waals surface area contributed by atoms with Gasteiger partial charge in [0.15, 0.2) is 0 Å². The maximum absolute atomic E-state index is 11.9. The van der Waals surface area contributed by atoms with Gasteiger partial charge in [-0.25, -0.2) is 13.1 Å². The van der Waals surface area contributed by atoms with Gasteiger partial charge < -0.3 is 5.11 Å². The maximum atomic E-state index is 11.9. The number of aryl methyl sites for hydroxylation is 1. The van der Waals surface area contributed by atoms with Crippen LogP contribution in [-0.4, -0.2) is 25.7 Å². The summed E-state index contributed by atoms with van der Waals surface area (Å²) in [6.45, 7) is 5.59. The Morgan fingerprint density at radius 2 is 1.94 bits per heavy atom. The standard InChI is InChI=1S/C11H19NO3S2/c1-4-11(13,5-2)8-12-17(14,15)10-7-6-9(3)16-10/h6-7,12-13H,4-5,8H2,1-3H3. The van der Waals surface area contributed by atoms with E-state index in [0.29, 0.717) is 17.1 Å². The van der Waals surface area contributed by atoms with Gasteiger partial charge in [0.1, 0.15) is 4.21 Å². The van der Waals surface area contributed by atoms with Crippen LogP contribution in [0.5, 0.6) is 0 Å². The molecule has 1 aromatic heterocycles. The fraction of sp³-hybridized carbons (Fsp3) is 0.636. The third-order valence-corrected chi connectivity index (χ3v) is 5.78. The number of thiophene rings is 1. The highest BCUT2D eigenvalue weighted by molar-refractivity contribution is 7.91. The van der Waals surface area contributed by atoms with E-state index >= 15 is 0 Å². The van der Waals surface area contributed by atoms with Gasteiger partial charge >= 0.3 is 0 Å². The summed E-state index contributed by atoms with van der Waals surface area (Å²) in [4.78, 5) is 0.951. The topological polar surface area (TPSA) is 66.4 Å². The average Bonchev–Trinajstić information content (AvgIpc) is 2.74. The van der Waals surface area contributed by atoms with Gasteiger partial charge in [-0.2, -0.15) is 0 Å². The Morgan fingerprint density at radius 3 is 2.35 bits per heavy atom. The molecule has 0 aliphatic rings. The molecule has 17 heavy (non-hydrogen) atoms. The zero-order valence-electron chi connectivity index (χ0n) is 10.4. The Balaban J connectivity index is 2.75. The summed E-state index contributed by atoms with van der Waals surface area (Å²) in [5.41, 5.74) is -0.959. The largest absolute Gasteiger partial charge is 0.389 e. The van der Waals surface area contributed by atoms with Gasteiger partial charge in [0.25, 0.3) is 0 Å². The van der Waals surface area contributed by atoms with Crippen molar-refractivity contribution in [1.29, 1.82) is 0 Å². The van der Waals surface area contributed by atoms with E-state index in [9.17, 15) is 13.5 Å². The lowest BCUT2D eigenvalue weighted by molar-refractivity contribution is 0.0377. The van der Waals surface area contributed by atoms with Crippen LogP contribution in [0.15, 0.2) is 16.3 Å². The molecule has 0 amide bonds. The van der Waals surface area contributed by atoms with Gasteiger partial charge in [-0.3, -0.25) is 0 Å². The lowest BCUT2D eigenvalue weighted by atomic mass is 9.98. The highest BCUT2D eigenvalue weighted by atomic mass is 32.2. The van der Waals surface area contributed by atoms with E-state index in [1.54, 1.807) is 12.1 Å². The average molecular weight is 277 g/mol. The predicted octanol–water partition coefficient (Wildman–Crippen LogP) is 1.89. The molecule has 2 N–H and O–H groups in total. The molecule has 0 atom stereocenters. The Kier molecular flexibility index (Phi) is 4.71. The maximum Gasteiger partial charge on any atom is 0.250 e. The first-order valence-corrected chi connectivity index (χ1v) is 7.91. The van der Waals surface area contributed by atoms with E-state index in [1.807, 2.05) is 20.8 Å². The summed E-state index contributed by atoms with van der Waals surface area (Å²) < 4.78 is 26.6. The number of hydrogen-bond donors (Lipinski definition) is 2. The van der Waals surface area contributed by atoms with Crippen LogP contribution in [0.4, 0.5) is 0 Å². The second-order valence-electron chi connectivity index (χ2n) is 4.12. The zero-order valence-corrected chi connectivity index (χ0v) is 12.0. The molecule has 0 saturated heterocycles. The fourth-order valence-electron chi connectivity index (χ4n) is 1.36. The number of rotatable bonds is 6. The first kappa shape index (κ1) is 14.6. The van der Waals surface area contributed by atoms with Gasteiger partial charge in [-0.15, -0.1) is 11.3 Å². The third-order valence-electron chi connectivity index (χ3n) is 2.89. The highest BCUT2D eigenvalue weighted by Gasteiger charge is 2.25. The van der Waals surface area contributed by atoms with Crippen LogP contribution >= 0.6 is 11.3 Å². The summed E-state index contributed by atoms with van der Waals surface area (Å²) in [5.74, 6) is 0. The third kappa shape index (κ3) is 3.77. The van der Waals surface area contributed by atoms with Crippen LogP contribution in [0.3, 0.4) is 0 Å². The van der Waals surface area contributed by atoms with Crippen LogP contribution in [0.2, 0.25) is 0 Å². The number of aliphatic hydroxyl groups is 1. The van der Waals surface area contributed by atoms with E-state index in [4.69, 9.17) is 0 Å². The minimum atomic E-state index is -3.48. The van der Waals surface area contributed by atoms with Gasteiger partial charge in [0.05, 0.1) is 5.60 Å². The monoisotopic (exact) mass is 277 g/mol. The van der Waals surface area contributed by atoms with Crippen molar-refractivity contribution in [2.75, 3.05) is 6.54 Å². The molecule has 1 heterocycles. The molecule has 4 nitrogen and oxygen atoms in total. The smallest absolute Gasteiger partial charge is 0.250 e. The normalized spacial score (nSPS) is 12.9. The Labute approximate surface area is 107 Å². The molecular formula is C11H19NO3S2. The van der Waals surface area contributed by atoms with E-state index in [1.165, 1.54) is 11.3 Å². The summed E-state index contributed by atoms with van der Waals surface area (Å²) in [5, 5.41) is 10.0. The fourth-order valence-corrected chi connectivity index (χ4v) is 3.80. The van der Waals surface area contributed by atoms with Gasteiger partial charge in [0, 0.05) is 11.4 Å². The Bertz CT molecular complexity index is 461. The highest BCUT2D eigenvalue weighted by Crippen LogP contribution is 2.21. The molecule has 0 aliphatic carbocycles. The van der Waals surface area contributed by atoms with E-state index in [2.05, 4.69) is 4.72 Å². The van der Waals surface area contributed by atoms with E-state index in [-0.39, 0.29) is 6.54 Å². The lowest BCUT2D eigenvalue weighted by Crippen LogP contribution is -2.41. The van der Waals surface area contributed by atoms with Crippen molar-refractivity contribution in [3.8, 4) is 0 Å². The van der Waals surface area contributed by atoms with Gasteiger partial charge in [-0.1, -0.05) is 13.8 Å². The van der Waals surface area contributed by atoms with E-state index in [0.717, 1.165) is 4.88 Å². The molecule has 0 fully saturated rings. The molecule has 6 heteroatoms. The molecule has 0 unspecified atom stereocenters. The number of hydrogen-bond acceptors (Lipinski definition) is 4. The summed E-state index contributed by atoms with van der Waals surface area (Å²) >= 11 is 1.23. The predicted molar refractivity (Wildman–Crippen MR) is 69.8 cm³/mol. The lowest BCUT2D eigenvalue weighted by Gasteiger charge is -2.25. The molecule has 1 aromatic rings. The molecule has 1 rings (SSSR count). The molecule has 0 saturated carbocycles. The van der Waals surface area contributed by atoms with Crippen molar-refractivity contribution in [2.24, 2.45) is 0 Å². The van der Waals surface area contributed by atoms with Gasteiger partial charge in [0.2, 0.25) is 10.0 Å². The summed E-state index contributed by atoms with van der Waals surface area (Å²) in [6, 6.07) is 3.35. The van der Waals surface area contributed by atoms with Crippen molar-refractivity contribution in [2.45, 2.75) is 43.4 Å². The number of nitrogens with one attached hydrogen (secondary N) is 1. The molecule has 98 valence electrons. The van der Waals surface area contributed by atoms with E-state index < -0.39 is 15.6 Å². The second kappa shape index (κ2) is 5.48. The van der Waals surface area contributed by atoms with Crippen LogP contribution in [-0.2, 0) is 10.0 Å². The minimum Gasteiger partial charge on any atom is -0.389 e. The SMILES string of the molecule is CCC(O)(CC)CNS(=O)(=O)c1ccc(C)s1. The summed E-state index contributed by atoms with van der Waals surface area (Å²) in [6.07, 6.45) is 1.05. The summed E-state index contributed by atoms with van der Waals surface area (Å²) in [7, 11) is -3.48. The zero-order chi connectivity index (χ0) is 13.1. The molecular weight excluding hydrogens is 258 g/mol. The van der Waals surface area contributed by atoms with Gasteiger partial charge in [-0.05, 0) is 31.9 Å². The molecule has 0 aromatic carbocycles. The van der Waals surface area contributed by atoms with Crippen LogP contribution in [0, 0.1) is 6.92 Å². The quantitative estimate of drug-likeness (QED) is 0.834. The first-order valence-electron chi connectivity index (χ1n) is 5.61. The van der Waals surface area contributed by atoms with Crippen LogP contribution in [0.25, 0.3) is 0 Å². The van der Waals surface area contributed by atoms with Crippen molar-refractivity contribution in [3.63, 3.8) is 0 Å². The molecule has 0 aliphatic heterocycles. The van der Waals surface area contributed by atoms with Crippen LogP contribution in [0.1, 0.15) is 31.6 Å². The van der Waals surface area contributed by atoms with Crippen molar-refractivity contribution in [3.05, 3.63) is 17.0 Å². The van der Waals surface area contributed by atoms with Crippen molar-refractivity contribution in [1.82, 2.24) is 4.72 Å². The Hall–Kier alpha value is -0.430. The van der Waals surface area contributed by atoms with Crippen molar-refractivity contribution >= 4 is 21.4 Å². The number of sulfonamides is 1. The van der Waals surface area contributed by atoms with Crippen LogP contribution < -0.4 is 4.72 Å². The Morgan fingerprint density at radius 1 is 1.35 bits per heavy atom. The molecule has 0 spiro atoms. The molecule has 0 bridgehead atoms. The molecule has 0 radical (unpaired) electrons. The van der Waals surface area contributed by atoms with Crippen molar-refractivity contribution < 1.29 is 13.5 Å². The second-order valence-corrected chi connectivity index (χ2v) is 7.40. The minimum absolute atomic E-state index is 0.0548.